The average molecular weight is 455 g/mol. The molecule has 1 aromatic carbocycles. The standard InChI is InChI=1S/C24H27ClN4OS/c1-15-8-9-18(25)14-21(15)29-16(2)13-19(17(29)3)23-22(20-7-4-5-10-26-20)27-24(31)28(23)11-6-12-30/h4-5,7-10,13-14,22-23,30H,6,11-12H2,1-3H3,(H,27,31)/t22-,23+/m0/s1. The average Bonchev–Trinajstić information content (AvgIpc) is 3.24. The molecule has 0 amide bonds. The van der Waals surface area contributed by atoms with Gasteiger partial charge in [0.2, 0.25) is 0 Å². The largest absolute Gasteiger partial charge is 0.396 e. The molecule has 1 aliphatic heterocycles. The number of pyridine rings is 1. The summed E-state index contributed by atoms with van der Waals surface area (Å²) in [5.74, 6) is 0. The van der Waals surface area contributed by atoms with Crippen molar-refractivity contribution in [2.45, 2.75) is 39.3 Å². The highest BCUT2D eigenvalue weighted by molar-refractivity contribution is 7.80. The summed E-state index contributed by atoms with van der Waals surface area (Å²) in [4.78, 5) is 6.79. The molecule has 1 fully saturated rings. The van der Waals surface area contributed by atoms with Gasteiger partial charge in [-0.3, -0.25) is 4.98 Å². The number of aromatic nitrogens is 2. The molecule has 0 bridgehead atoms. The van der Waals surface area contributed by atoms with Gasteiger partial charge in [0.05, 0.1) is 17.8 Å². The molecule has 0 spiro atoms. The van der Waals surface area contributed by atoms with Crippen molar-refractivity contribution in [1.29, 1.82) is 0 Å². The van der Waals surface area contributed by atoms with Crippen molar-refractivity contribution < 1.29 is 5.11 Å². The minimum absolute atomic E-state index is 0.0200. The lowest BCUT2D eigenvalue weighted by atomic mass is 9.96. The molecule has 162 valence electrons. The first-order chi connectivity index (χ1) is 14.9. The fourth-order valence-electron chi connectivity index (χ4n) is 4.51. The Morgan fingerprint density at radius 1 is 1.16 bits per heavy atom. The number of nitrogens with one attached hydrogen (secondary N) is 1. The molecule has 0 aliphatic carbocycles. The zero-order valence-corrected chi connectivity index (χ0v) is 19.5. The maximum Gasteiger partial charge on any atom is 0.170 e. The van der Waals surface area contributed by atoms with E-state index < -0.39 is 0 Å². The topological polar surface area (TPSA) is 53.3 Å². The zero-order chi connectivity index (χ0) is 22.1. The number of aryl methyl sites for hydroxylation is 2. The van der Waals surface area contributed by atoms with Gasteiger partial charge in [-0.25, -0.2) is 0 Å². The van der Waals surface area contributed by atoms with E-state index in [4.69, 9.17) is 23.8 Å². The van der Waals surface area contributed by atoms with Crippen LogP contribution in [0.2, 0.25) is 5.02 Å². The molecule has 5 nitrogen and oxygen atoms in total. The molecule has 3 heterocycles. The van der Waals surface area contributed by atoms with Crippen molar-refractivity contribution in [3.05, 3.63) is 81.9 Å². The van der Waals surface area contributed by atoms with Gasteiger partial charge in [-0.2, -0.15) is 0 Å². The molecule has 0 unspecified atom stereocenters. The molecule has 3 aromatic rings. The summed E-state index contributed by atoms with van der Waals surface area (Å²) < 4.78 is 2.26. The van der Waals surface area contributed by atoms with Crippen LogP contribution in [0.5, 0.6) is 0 Å². The van der Waals surface area contributed by atoms with E-state index in [1.807, 2.05) is 42.6 Å². The van der Waals surface area contributed by atoms with Crippen molar-refractivity contribution in [1.82, 2.24) is 19.8 Å². The van der Waals surface area contributed by atoms with E-state index in [1.54, 1.807) is 0 Å². The van der Waals surface area contributed by atoms with Crippen molar-refractivity contribution in [3.63, 3.8) is 0 Å². The van der Waals surface area contributed by atoms with Crippen LogP contribution in [0.1, 0.15) is 46.7 Å². The van der Waals surface area contributed by atoms with Crippen LogP contribution in [-0.2, 0) is 0 Å². The molecule has 0 radical (unpaired) electrons. The van der Waals surface area contributed by atoms with Gasteiger partial charge in [-0.05, 0) is 80.9 Å². The number of hydrogen-bond acceptors (Lipinski definition) is 3. The minimum atomic E-state index is -0.0678. The number of aliphatic hydroxyl groups excluding tert-OH is 1. The van der Waals surface area contributed by atoms with E-state index in [1.165, 1.54) is 5.56 Å². The maximum absolute atomic E-state index is 9.44. The predicted molar refractivity (Wildman–Crippen MR) is 129 cm³/mol. The Kier molecular flexibility index (Phi) is 6.32. The Morgan fingerprint density at radius 2 is 1.97 bits per heavy atom. The zero-order valence-electron chi connectivity index (χ0n) is 18.0. The monoisotopic (exact) mass is 454 g/mol. The van der Waals surface area contributed by atoms with Crippen LogP contribution in [0.25, 0.3) is 5.69 Å². The molecule has 31 heavy (non-hydrogen) atoms. The molecule has 0 saturated carbocycles. The van der Waals surface area contributed by atoms with Gasteiger partial charge in [0.25, 0.3) is 0 Å². The summed E-state index contributed by atoms with van der Waals surface area (Å²) >= 11 is 12.0. The molecule has 1 saturated heterocycles. The van der Waals surface area contributed by atoms with Crippen LogP contribution < -0.4 is 5.32 Å². The normalized spacial score (nSPS) is 18.5. The fraction of sp³-hybridized carbons (Fsp3) is 0.333. The van der Waals surface area contributed by atoms with Crippen molar-refractivity contribution in [2.24, 2.45) is 0 Å². The second-order valence-electron chi connectivity index (χ2n) is 7.99. The van der Waals surface area contributed by atoms with E-state index >= 15 is 0 Å². The van der Waals surface area contributed by atoms with Crippen LogP contribution in [-0.4, -0.2) is 37.8 Å². The van der Waals surface area contributed by atoms with E-state index in [0.717, 1.165) is 28.3 Å². The van der Waals surface area contributed by atoms with Crippen LogP contribution in [0, 0.1) is 20.8 Å². The Hall–Kier alpha value is -2.41. The highest BCUT2D eigenvalue weighted by Gasteiger charge is 2.41. The van der Waals surface area contributed by atoms with Crippen LogP contribution in [0.15, 0.2) is 48.7 Å². The van der Waals surface area contributed by atoms with Gasteiger partial charge in [0.1, 0.15) is 0 Å². The SMILES string of the molecule is Cc1ccc(Cl)cc1-n1c(C)cc([C@@H]2[C@H](c3ccccn3)NC(=S)N2CCCO)c1C. The van der Waals surface area contributed by atoms with E-state index in [9.17, 15) is 5.11 Å². The second kappa shape index (κ2) is 8.99. The summed E-state index contributed by atoms with van der Waals surface area (Å²) in [5.41, 5.74) is 6.67. The number of halogens is 1. The first-order valence-electron chi connectivity index (χ1n) is 10.5. The number of benzene rings is 1. The Balaban J connectivity index is 1.84. The molecule has 2 N–H and O–H groups in total. The Labute approximate surface area is 193 Å². The second-order valence-corrected chi connectivity index (χ2v) is 8.81. The molecule has 7 heteroatoms. The highest BCUT2D eigenvalue weighted by atomic mass is 35.5. The molecular formula is C24H27ClN4OS. The minimum Gasteiger partial charge on any atom is -0.396 e. The van der Waals surface area contributed by atoms with E-state index in [0.29, 0.717) is 23.1 Å². The Morgan fingerprint density at radius 3 is 2.68 bits per heavy atom. The predicted octanol–water partition coefficient (Wildman–Crippen LogP) is 4.81. The van der Waals surface area contributed by atoms with Crippen LogP contribution in [0.3, 0.4) is 0 Å². The third kappa shape index (κ3) is 4.07. The Bertz CT molecular complexity index is 1100. The van der Waals surface area contributed by atoms with Crippen molar-refractivity contribution in [3.8, 4) is 5.69 Å². The van der Waals surface area contributed by atoms with Crippen molar-refractivity contribution >= 4 is 28.9 Å². The van der Waals surface area contributed by atoms with Gasteiger partial charge in [0, 0.05) is 41.4 Å². The molecule has 1 aliphatic rings. The van der Waals surface area contributed by atoms with Gasteiger partial charge in [-0.1, -0.05) is 23.7 Å². The summed E-state index contributed by atoms with van der Waals surface area (Å²) in [6.45, 7) is 7.16. The molecule has 2 aromatic heterocycles. The summed E-state index contributed by atoms with van der Waals surface area (Å²) in [7, 11) is 0. The smallest absolute Gasteiger partial charge is 0.170 e. The van der Waals surface area contributed by atoms with Crippen LogP contribution in [0.4, 0.5) is 0 Å². The quantitative estimate of drug-likeness (QED) is 0.523. The lowest BCUT2D eigenvalue weighted by molar-refractivity contribution is 0.247. The first-order valence-corrected chi connectivity index (χ1v) is 11.2. The number of rotatable bonds is 6. The highest BCUT2D eigenvalue weighted by Crippen LogP contribution is 2.41. The summed E-state index contributed by atoms with van der Waals surface area (Å²) in [6, 6.07) is 14.1. The summed E-state index contributed by atoms with van der Waals surface area (Å²) in [6.07, 6.45) is 2.46. The first kappa shape index (κ1) is 21.8. The molecule has 2 atom stereocenters. The number of aliphatic hydroxyl groups is 1. The maximum atomic E-state index is 9.44. The number of thiocarbonyl (C=S) groups is 1. The number of hydrogen-bond donors (Lipinski definition) is 2. The third-order valence-corrected chi connectivity index (χ3v) is 6.54. The van der Waals surface area contributed by atoms with Gasteiger partial charge >= 0.3 is 0 Å². The van der Waals surface area contributed by atoms with Gasteiger partial charge < -0.3 is 19.9 Å². The third-order valence-electron chi connectivity index (χ3n) is 5.96. The fourth-order valence-corrected chi connectivity index (χ4v) is 5.01. The van der Waals surface area contributed by atoms with E-state index in [-0.39, 0.29) is 18.7 Å². The number of nitrogens with zero attached hydrogens (tertiary/aromatic N) is 3. The van der Waals surface area contributed by atoms with Gasteiger partial charge in [-0.15, -0.1) is 0 Å². The van der Waals surface area contributed by atoms with E-state index in [2.05, 4.69) is 46.6 Å². The van der Waals surface area contributed by atoms with Gasteiger partial charge in [0.15, 0.2) is 5.11 Å². The lowest BCUT2D eigenvalue weighted by Gasteiger charge is -2.28. The summed E-state index contributed by atoms with van der Waals surface area (Å²) in [5, 5.41) is 14.3. The van der Waals surface area contributed by atoms with Crippen LogP contribution >= 0.6 is 23.8 Å². The molecular weight excluding hydrogens is 428 g/mol. The lowest BCUT2D eigenvalue weighted by Crippen LogP contribution is -2.31. The molecule has 4 rings (SSSR count). The van der Waals surface area contributed by atoms with Crippen molar-refractivity contribution in [2.75, 3.05) is 13.2 Å².